The molecule has 16 heavy (non-hydrogen) atoms. The van der Waals surface area contributed by atoms with E-state index in [2.05, 4.69) is 25.7 Å². The van der Waals surface area contributed by atoms with Gasteiger partial charge in [0, 0.05) is 32.3 Å². The third-order valence-corrected chi connectivity index (χ3v) is 4.04. The summed E-state index contributed by atoms with van der Waals surface area (Å²) in [5.74, 6) is 0. The van der Waals surface area contributed by atoms with Crippen molar-refractivity contribution in [2.24, 2.45) is 11.1 Å². The van der Waals surface area contributed by atoms with Gasteiger partial charge in [0.1, 0.15) is 0 Å². The van der Waals surface area contributed by atoms with Crippen LogP contribution in [-0.2, 0) is 4.74 Å². The number of methoxy groups -OCH3 is 1. The Bertz CT molecular complexity index is 208. The third-order valence-electron chi connectivity index (χ3n) is 4.04. The Labute approximate surface area is 100 Å². The summed E-state index contributed by atoms with van der Waals surface area (Å²) in [4.78, 5) is 2.49. The Kier molecular flexibility index (Phi) is 5.22. The van der Waals surface area contributed by atoms with Gasteiger partial charge < -0.3 is 10.5 Å². The maximum Gasteiger partial charge on any atom is 0.0589 e. The molecule has 0 saturated heterocycles. The van der Waals surface area contributed by atoms with Crippen LogP contribution in [0.4, 0.5) is 0 Å². The average molecular weight is 228 g/mol. The van der Waals surface area contributed by atoms with Crippen LogP contribution >= 0.6 is 0 Å². The minimum Gasteiger partial charge on any atom is -0.383 e. The zero-order valence-electron chi connectivity index (χ0n) is 11.3. The van der Waals surface area contributed by atoms with E-state index in [1.807, 2.05) is 0 Å². The minimum absolute atomic E-state index is 0.304. The fourth-order valence-corrected chi connectivity index (χ4v) is 2.65. The van der Waals surface area contributed by atoms with Crippen LogP contribution in [0.3, 0.4) is 0 Å². The SMILES string of the molecule is COCCN(CC1(C)CCCC1N)C(C)C. The molecule has 0 bridgehead atoms. The molecule has 3 heteroatoms. The van der Waals surface area contributed by atoms with Gasteiger partial charge in [0.05, 0.1) is 6.61 Å². The van der Waals surface area contributed by atoms with Crippen LogP contribution in [0.5, 0.6) is 0 Å². The summed E-state index contributed by atoms with van der Waals surface area (Å²) in [5.41, 5.74) is 6.54. The summed E-state index contributed by atoms with van der Waals surface area (Å²) in [7, 11) is 1.77. The molecule has 1 fully saturated rings. The van der Waals surface area contributed by atoms with Gasteiger partial charge in [0.25, 0.3) is 0 Å². The first kappa shape index (κ1) is 13.9. The maximum atomic E-state index is 6.23. The Morgan fingerprint density at radius 3 is 2.62 bits per heavy atom. The van der Waals surface area contributed by atoms with Crippen LogP contribution in [0.25, 0.3) is 0 Å². The van der Waals surface area contributed by atoms with Crippen molar-refractivity contribution in [2.45, 2.75) is 52.1 Å². The lowest BCUT2D eigenvalue weighted by Gasteiger charge is -2.37. The Morgan fingerprint density at radius 2 is 2.19 bits per heavy atom. The summed E-state index contributed by atoms with van der Waals surface area (Å²) >= 11 is 0. The predicted molar refractivity (Wildman–Crippen MR) is 68.5 cm³/mol. The normalized spacial score (nSPS) is 30.6. The third kappa shape index (κ3) is 3.44. The van der Waals surface area contributed by atoms with Gasteiger partial charge in [-0.25, -0.2) is 0 Å². The number of rotatable bonds is 6. The summed E-state index contributed by atoms with van der Waals surface area (Å²) < 4.78 is 5.17. The minimum atomic E-state index is 0.304. The molecule has 2 N–H and O–H groups in total. The molecule has 0 aromatic heterocycles. The first-order valence-electron chi connectivity index (χ1n) is 6.48. The van der Waals surface area contributed by atoms with Gasteiger partial charge in [-0.1, -0.05) is 13.3 Å². The van der Waals surface area contributed by atoms with Crippen molar-refractivity contribution in [3.05, 3.63) is 0 Å². The van der Waals surface area contributed by atoms with E-state index in [9.17, 15) is 0 Å². The van der Waals surface area contributed by atoms with E-state index in [4.69, 9.17) is 10.5 Å². The number of nitrogens with zero attached hydrogens (tertiary/aromatic N) is 1. The van der Waals surface area contributed by atoms with Crippen molar-refractivity contribution < 1.29 is 4.74 Å². The van der Waals surface area contributed by atoms with E-state index in [-0.39, 0.29) is 0 Å². The molecule has 0 amide bonds. The molecular formula is C13H28N2O. The van der Waals surface area contributed by atoms with Gasteiger partial charge in [-0.15, -0.1) is 0 Å². The second kappa shape index (κ2) is 5.99. The van der Waals surface area contributed by atoms with Gasteiger partial charge in [-0.2, -0.15) is 0 Å². The van der Waals surface area contributed by atoms with E-state index in [0.717, 1.165) is 19.7 Å². The molecule has 0 radical (unpaired) electrons. The number of hydrogen-bond acceptors (Lipinski definition) is 3. The summed E-state index contributed by atoms with van der Waals surface area (Å²) in [6.07, 6.45) is 3.74. The Hall–Kier alpha value is -0.120. The molecule has 2 unspecified atom stereocenters. The average Bonchev–Trinajstić information content (AvgIpc) is 2.54. The second-order valence-corrected chi connectivity index (χ2v) is 5.71. The number of nitrogens with two attached hydrogens (primary N) is 1. The van der Waals surface area contributed by atoms with Crippen molar-refractivity contribution in [1.29, 1.82) is 0 Å². The van der Waals surface area contributed by atoms with Crippen molar-refractivity contribution in [3.8, 4) is 0 Å². The molecule has 1 saturated carbocycles. The quantitative estimate of drug-likeness (QED) is 0.754. The van der Waals surface area contributed by atoms with Gasteiger partial charge in [0.15, 0.2) is 0 Å². The molecule has 1 rings (SSSR count). The highest BCUT2D eigenvalue weighted by Gasteiger charge is 2.37. The lowest BCUT2D eigenvalue weighted by atomic mass is 9.84. The first-order valence-corrected chi connectivity index (χ1v) is 6.48. The standard InChI is InChI=1S/C13H28N2O/c1-11(2)15(8-9-16-4)10-13(3)7-5-6-12(13)14/h11-12H,5-10,14H2,1-4H3. The fourth-order valence-electron chi connectivity index (χ4n) is 2.65. The summed E-state index contributed by atoms with van der Waals surface area (Å²) in [5, 5.41) is 0. The topological polar surface area (TPSA) is 38.5 Å². The molecular weight excluding hydrogens is 200 g/mol. The van der Waals surface area contributed by atoms with Crippen LogP contribution in [0, 0.1) is 5.41 Å². The monoisotopic (exact) mass is 228 g/mol. The van der Waals surface area contributed by atoms with Crippen LogP contribution in [0.1, 0.15) is 40.0 Å². The highest BCUT2D eigenvalue weighted by atomic mass is 16.5. The van der Waals surface area contributed by atoms with Gasteiger partial charge >= 0.3 is 0 Å². The second-order valence-electron chi connectivity index (χ2n) is 5.71. The highest BCUT2D eigenvalue weighted by molar-refractivity contribution is 4.93. The lowest BCUT2D eigenvalue weighted by molar-refractivity contribution is 0.0864. The van der Waals surface area contributed by atoms with Gasteiger partial charge in [-0.05, 0) is 32.1 Å². The molecule has 0 heterocycles. The van der Waals surface area contributed by atoms with E-state index in [1.54, 1.807) is 7.11 Å². The van der Waals surface area contributed by atoms with Gasteiger partial charge in [0.2, 0.25) is 0 Å². The van der Waals surface area contributed by atoms with Crippen molar-refractivity contribution in [1.82, 2.24) is 4.90 Å². The summed E-state index contributed by atoms with van der Waals surface area (Å²) in [6, 6.07) is 0.941. The van der Waals surface area contributed by atoms with Crippen molar-refractivity contribution >= 4 is 0 Å². The number of ether oxygens (including phenoxy) is 1. The van der Waals surface area contributed by atoms with Crippen molar-refractivity contribution in [3.63, 3.8) is 0 Å². The van der Waals surface area contributed by atoms with E-state index < -0.39 is 0 Å². The van der Waals surface area contributed by atoms with Crippen molar-refractivity contribution in [2.75, 3.05) is 26.8 Å². The molecule has 1 aliphatic carbocycles. The predicted octanol–water partition coefficient (Wildman–Crippen LogP) is 1.86. The Morgan fingerprint density at radius 1 is 1.50 bits per heavy atom. The zero-order valence-corrected chi connectivity index (χ0v) is 11.3. The number of hydrogen-bond donors (Lipinski definition) is 1. The van der Waals surface area contributed by atoms with Gasteiger partial charge in [-0.3, -0.25) is 4.90 Å². The van der Waals surface area contributed by atoms with Crippen LogP contribution in [0.15, 0.2) is 0 Å². The summed E-state index contributed by atoms with van der Waals surface area (Å²) in [6.45, 7) is 9.76. The maximum absolute atomic E-state index is 6.23. The first-order chi connectivity index (χ1) is 7.49. The smallest absolute Gasteiger partial charge is 0.0589 e. The fraction of sp³-hybridized carbons (Fsp3) is 1.00. The van der Waals surface area contributed by atoms with E-state index in [0.29, 0.717) is 17.5 Å². The van der Waals surface area contributed by atoms with Crippen LogP contribution in [-0.4, -0.2) is 43.8 Å². The van der Waals surface area contributed by atoms with Crippen LogP contribution in [0.2, 0.25) is 0 Å². The Balaban J connectivity index is 2.53. The zero-order chi connectivity index (χ0) is 12.2. The largest absolute Gasteiger partial charge is 0.383 e. The molecule has 96 valence electrons. The molecule has 2 atom stereocenters. The van der Waals surface area contributed by atoms with Crippen LogP contribution < -0.4 is 5.73 Å². The van der Waals surface area contributed by atoms with E-state index in [1.165, 1.54) is 19.3 Å². The molecule has 3 nitrogen and oxygen atoms in total. The highest BCUT2D eigenvalue weighted by Crippen LogP contribution is 2.37. The lowest BCUT2D eigenvalue weighted by Crippen LogP contribution is -2.47. The molecule has 0 aliphatic heterocycles. The van der Waals surface area contributed by atoms with E-state index >= 15 is 0 Å². The molecule has 0 aromatic rings. The molecule has 1 aliphatic rings. The molecule has 0 aromatic carbocycles. The molecule has 0 spiro atoms.